The van der Waals surface area contributed by atoms with Crippen LogP contribution in [0.3, 0.4) is 0 Å². The maximum atomic E-state index is 11.8. The molecule has 0 radical (unpaired) electrons. The van der Waals surface area contributed by atoms with Gasteiger partial charge in [0.1, 0.15) is 19.0 Å². The minimum Gasteiger partial charge on any atom is -0.492 e. The molecule has 0 N–H and O–H groups in total. The van der Waals surface area contributed by atoms with Crippen molar-refractivity contribution in [2.75, 3.05) is 50.9 Å². The molecular weight excluding hydrogens is 280 g/mol. The fourth-order valence-corrected chi connectivity index (χ4v) is 2.92. The summed E-state index contributed by atoms with van der Waals surface area (Å²) in [6.07, 6.45) is 1.28. The lowest BCUT2D eigenvalue weighted by atomic mass is 9.98. The first-order valence-electron chi connectivity index (χ1n) is 8.09. The van der Waals surface area contributed by atoms with Gasteiger partial charge in [0.2, 0.25) is 0 Å². The third kappa shape index (κ3) is 3.59. The van der Waals surface area contributed by atoms with Crippen molar-refractivity contribution in [1.29, 1.82) is 0 Å². The van der Waals surface area contributed by atoms with E-state index >= 15 is 0 Å². The first kappa shape index (κ1) is 15.3. The maximum absolute atomic E-state index is 11.8. The van der Waals surface area contributed by atoms with Crippen molar-refractivity contribution in [2.45, 2.75) is 13.3 Å². The van der Waals surface area contributed by atoms with Crippen LogP contribution in [0.2, 0.25) is 0 Å². The SMILES string of the molecule is CCC1CN(CCOc2ccc(N3CCOCC3=O)cc2)C1. The quantitative estimate of drug-likeness (QED) is 0.803. The standard InChI is InChI=1S/C17H24N2O3/c1-2-14-11-18(12-14)7-10-22-16-5-3-15(4-6-16)19-8-9-21-13-17(19)20/h3-6,14H,2,7-13H2,1H3. The zero-order valence-electron chi connectivity index (χ0n) is 13.2. The van der Waals surface area contributed by atoms with Crippen LogP contribution in [0.4, 0.5) is 5.69 Å². The van der Waals surface area contributed by atoms with Crippen LogP contribution in [0.25, 0.3) is 0 Å². The van der Waals surface area contributed by atoms with Gasteiger partial charge < -0.3 is 14.4 Å². The van der Waals surface area contributed by atoms with E-state index in [0.717, 1.165) is 23.9 Å². The average Bonchev–Trinajstić information content (AvgIpc) is 2.51. The van der Waals surface area contributed by atoms with Crippen molar-refractivity contribution >= 4 is 11.6 Å². The number of rotatable bonds is 6. The molecule has 2 aliphatic heterocycles. The number of morpholine rings is 1. The molecule has 2 heterocycles. The summed E-state index contributed by atoms with van der Waals surface area (Å²) < 4.78 is 10.9. The summed E-state index contributed by atoms with van der Waals surface area (Å²) >= 11 is 0. The highest BCUT2D eigenvalue weighted by atomic mass is 16.5. The highest BCUT2D eigenvalue weighted by Gasteiger charge is 2.24. The Hall–Kier alpha value is -1.59. The van der Waals surface area contributed by atoms with Crippen LogP contribution in [0.5, 0.6) is 5.75 Å². The topological polar surface area (TPSA) is 42.0 Å². The molecule has 1 amide bonds. The normalized spacial score (nSPS) is 20.0. The van der Waals surface area contributed by atoms with Gasteiger partial charge in [-0.3, -0.25) is 9.69 Å². The molecule has 2 aliphatic rings. The van der Waals surface area contributed by atoms with Crippen molar-refractivity contribution in [1.82, 2.24) is 4.90 Å². The third-order valence-corrected chi connectivity index (χ3v) is 4.42. The van der Waals surface area contributed by atoms with Crippen molar-refractivity contribution < 1.29 is 14.3 Å². The molecule has 0 bridgehead atoms. The van der Waals surface area contributed by atoms with E-state index < -0.39 is 0 Å². The van der Waals surface area contributed by atoms with Crippen molar-refractivity contribution in [3.8, 4) is 5.75 Å². The molecule has 5 heteroatoms. The average molecular weight is 304 g/mol. The molecule has 0 aromatic heterocycles. The Kier molecular flexibility index (Phi) is 4.95. The van der Waals surface area contributed by atoms with Crippen LogP contribution in [0.1, 0.15) is 13.3 Å². The summed E-state index contributed by atoms with van der Waals surface area (Å²) in [5.74, 6) is 1.76. The molecule has 0 atom stereocenters. The Morgan fingerprint density at radius 2 is 2.05 bits per heavy atom. The first-order chi connectivity index (χ1) is 10.8. The maximum Gasteiger partial charge on any atom is 0.253 e. The van der Waals surface area contributed by atoms with E-state index in [2.05, 4.69) is 11.8 Å². The van der Waals surface area contributed by atoms with E-state index in [1.165, 1.54) is 19.5 Å². The summed E-state index contributed by atoms with van der Waals surface area (Å²) in [4.78, 5) is 16.0. The molecule has 5 nitrogen and oxygen atoms in total. The molecule has 0 aliphatic carbocycles. The van der Waals surface area contributed by atoms with Crippen LogP contribution in [0.15, 0.2) is 24.3 Å². The predicted molar refractivity (Wildman–Crippen MR) is 85.3 cm³/mol. The van der Waals surface area contributed by atoms with E-state index in [9.17, 15) is 4.79 Å². The van der Waals surface area contributed by atoms with Gasteiger partial charge in [0.15, 0.2) is 0 Å². The fourth-order valence-electron chi connectivity index (χ4n) is 2.92. The number of hydrogen-bond acceptors (Lipinski definition) is 4. The molecule has 3 rings (SSSR count). The van der Waals surface area contributed by atoms with E-state index in [-0.39, 0.29) is 12.5 Å². The van der Waals surface area contributed by atoms with Crippen molar-refractivity contribution in [3.63, 3.8) is 0 Å². The molecule has 2 saturated heterocycles. The second kappa shape index (κ2) is 7.11. The van der Waals surface area contributed by atoms with Crippen LogP contribution < -0.4 is 9.64 Å². The van der Waals surface area contributed by atoms with Crippen molar-refractivity contribution in [2.24, 2.45) is 5.92 Å². The van der Waals surface area contributed by atoms with Gasteiger partial charge in [-0.05, 0) is 30.2 Å². The minimum absolute atomic E-state index is 0.0168. The van der Waals surface area contributed by atoms with Crippen LogP contribution in [0, 0.1) is 5.92 Å². The minimum atomic E-state index is 0.0168. The summed E-state index contributed by atoms with van der Waals surface area (Å²) in [6, 6.07) is 7.75. The molecule has 0 spiro atoms. The lowest BCUT2D eigenvalue weighted by Crippen LogP contribution is -2.47. The zero-order valence-corrected chi connectivity index (χ0v) is 13.2. The molecule has 1 aromatic carbocycles. The summed E-state index contributed by atoms with van der Waals surface area (Å²) in [5.41, 5.74) is 0.911. The molecule has 120 valence electrons. The van der Waals surface area contributed by atoms with Gasteiger partial charge in [-0.1, -0.05) is 13.3 Å². The molecule has 0 unspecified atom stereocenters. The van der Waals surface area contributed by atoms with Crippen LogP contribution >= 0.6 is 0 Å². The largest absolute Gasteiger partial charge is 0.492 e. The van der Waals surface area contributed by atoms with Crippen LogP contribution in [-0.2, 0) is 9.53 Å². The predicted octanol–water partition coefficient (Wildman–Crippen LogP) is 1.77. The van der Waals surface area contributed by atoms with Gasteiger partial charge in [-0.25, -0.2) is 0 Å². The number of carbonyl (C=O) groups excluding carboxylic acids is 1. The number of anilines is 1. The second-order valence-electron chi connectivity index (χ2n) is 5.97. The Morgan fingerprint density at radius 1 is 1.27 bits per heavy atom. The smallest absolute Gasteiger partial charge is 0.253 e. The lowest BCUT2D eigenvalue weighted by molar-refractivity contribution is -0.125. The number of ether oxygens (including phenoxy) is 2. The Bertz CT molecular complexity index is 497. The van der Waals surface area contributed by atoms with E-state index in [4.69, 9.17) is 9.47 Å². The van der Waals surface area contributed by atoms with Gasteiger partial charge in [-0.2, -0.15) is 0 Å². The van der Waals surface area contributed by atoms with E-state index in [1.807, 2.05) is 24.3 Å². The summed E-state index contributed by atoms with van der Waals surface area (Å²) in [5, 5.41) is 0. The van der Waals surface area contributed by atoms with Gasteiger partial charge in [0, 0.05) is 31.9 Å². The van der Waals surface area contributed by atoms with Gasteiger partial charge >= 0.3 is 0 Å². The Balaban J connectivity index is 1.44. The number of likely N-dealkylation sites (tertiary alicyclic amines) is 1. The van der Waals surface area contributed by atoms with E-state index in [0.29, 0.717) is 19.8 Å². The monoisotopic (exact) mass is 304 g/mol. The summed E-state index contributed by atoms with van der Waals surface area (Å²) in [6.45, 7) is 7.75. The molecule has 1 aromatic rings. The molecular formula is C17H24N2O3. The number of nitrogens with zero attached hydrogens (tertiary/aromatic N) is 2. The number of amides is 1. The Morgan fingerprint density at radius 3 is 2.73 bits per heavy atom. The fraction of sp³-hybridized carbons (Fsp3) is 0.588. The molecule has 2 fully saturated rings. The highest BCUT2D eigenvalue weighted by molar-refractivity contribution is 5.94. The zero-order chi connectivity index (χ0) is 15.4. The third-order valence-electron chi connectivity index (χ3n) is 4.42. The molecule has 0 saturated carbocycles. The highest BCUT2D eigenvalue weighted by Crippen LogP contribution is 2.21. The van der Waals surface area contributed by atoms with Gasteiger partial charge in [-0.15, -0.1) is 0 Å². The number of hydrogen-bond donors (Lipinski definition) is 0. The van der Waals surface area contributed by atoms with Gasteiger partial charge in [0.25, 0.3) is 5.91 Å². The van der Waals surface area contributed by atoms with Crippen LogP contribution in [-0.4, -0.2) is 56.8 Å². The molecule has 22 heavy (non-hydrogen) atoms. The van der Waals surface area contributed by atoms with Crippen molar-refractivity contribution in [3.05, 3.63) is 24.3 Å². The number of carbonyl (C=O) groups is 1. The summed E-state index contributed by atoms with van der Waals surface area (Å²) in [7, 11) is 0. The first-order valence-corrected chi connectivity index (χ1v) is 8.09. The Labute approximate surface area is 131 Å². The van der Waals surface area contributed by atoms with Gasteiger partial charge in [0.05, 0.1) is 6.61 Å². The number of benzene rings is 1. The lowest BCUT2D eigenvalue weighted by Gasteiger charge is -2.38. The van der Waals surface area contributed by atoms with E-state index in [1.54, 1.807) is 4.90 Å². The second-order valence-corrected chi connectivity index (χ2v) is 5.97.